The first-order valence-electron chi connectivity index (χ1n) is 8.86. The molecule has 2 N–H and O–H groups in total. The van der Waals surface area contributed by atoms with Crippen molar-refractivity contribution in [1.29, 1.82) is 0 Å². The molecule has 25 heavy (non-hydrogen) atoms. The maximum Gasteiger partial charge on any atom is 0.401 e. The molecule has 0 amide bonds. The van der Waals surface area contributed by atoms with Crippen LogP contribution in [-0.2, 0) is 0 Å². The SMILES string of the molecule is CCCN1CCC(NC(=NCCN(C)CC(F)(F)F)NCC)CC1.I. The molecule has 150 valence electrons. The van der Waals surface area contributed by atoms with E-state index in [1.807, 2.05) is 6.92 Å². The van der Waals surface area contributed by atoms with Crippen LogP contribution in [0.5, 0.6) is 0 Å². The van der Waals surface area contributed by atoms with Crippen molar-refractivity contribution >= 4 is 29.9 Å². The Kier molecular flexibility index (Phi) is 12.8. The van der Waals surface area contributed by atoms with Gasteiger partial charge in [-0.05, 0) is 39.8 Å². The van der Waals surface area contributed by atoms with Gasteiger partial charge in [0.2, 0.25) is 0 Å². The molecule has 5 nitrogen and oxygen atoms in total. The number of hydrogen-bond donors (Lipinski definition) is 2. The molecule has 0 atom stereocenters. The zero-order valence-corrected chi connectivity index (χ0v) is 17.9. The summed E-state index contributed by atoms with van der Waals surface area (Å²) >= 11 is 0. The highest BCUT2D eigenvalue weighted by molar-refractivity contribution is 14.0. The molecule has 0 bridgehead atoms. The maximum atomic E-state index is 12.3. The molecule has 0 saturated carbocycles. The Morgan fingerprint density at radius 1 is 1.24 bits per heavy atom. The zero-order valence-electron chi connectivity index (χ0n) is 15.5. The predicted molar refractivity (Wildman–Crippen MR) is 108 cm³/mol. The van der Waals surface area contributed by atoms with Gasteiger partial charge < -0.3 is 15.5 Å². The van der Waals surface area contributed by atoms with Gasteiger partial charge in [0, 0.05) is 32.2 Å². The van der Waals surface area contributed by atoms with E-state index in [4.69, 9.17) is 0 Å². The summed E-state index contributed by atoms with van der Waals surface area (Å²) in [5.41, 5.74) is 0. The van der Waals surface area contributed by atoms with E-state index in [0.29, 0.717) is 18.5 Å². The number of nitrogens with one attached hydrogen (secondary N) is 2. The Hall–Kier alpha value is -0.290. The average molecular weight is 479 g/mol. The lowest BCUT2D eigenvalue weighted by molar-refractivity contribution is -0.142. The highest BCUT2D eigenvalue weighted by Crippen LogP contribution is 2.15. The highest BCUT2D eigenvalue weighted by atomic mass is 127. The first-order valence-corrected chi connectivity index (χ1v) is 8.86. The van der Waals surface area contributed by atoms with Crippen LogP contribution >= 0.6 is 24.0 Å². The van der Waals surface area contributed by atoms with E-state index in [1.54, 1.807) is 0 Å². The minimum atomic E-state index is -4.16. The molecule has 0 unspecified atom stereocenters. The van der Waals surface area contributed by atoms with Gasteiger partial charge in [-0.1, -0.05) is 6.92 Å². The fourth-order valence-corrected chi connectivity index (χ4v) is 2.85. The van der Waals surface area contributed by atoms with Crippen LogP contribution in [0.25, 0.3) is 0 Å². The Labute approximate surface area is 166 Å². The van der Waals surface area contributed by atoms with Gasteiger partial charge in [-0.15, -0.1) is 24.0 Å². The van der Waals surface area contributed by atoms with Gasteiger partial charge >= 0.3 is 6.18 Å². The predicted octanol–water partition coefficient (Wildman–Crippen LogP) is 2.53. The number of alkyl halides is 3. The molecule has 0 aliphatic carbocycles. The first-order chi connectivity index (χ1) is 11.3. The summed E-state index contributed by atoms with van der Waals surface area (Å²) in [5.74, 6) is 0.701. The molecule has 0 spiro atoms. The molecule has 1 aliphatic rings. The minimum Gasteiger partial charge on any atom is -0.357 e. The number of likely N-dealkylation sites (tertiary alicyclic amines) is 1. The van der Waals surface area contributed by atoms with Gasteiger partial charge in [0.25, 0.3) is 0 Å². The normalized spacial score (nSPS) is 17.5. The Balaban J connectivity index is 0.00000576. The van der Waals surface area contributed by atoms with Crippen molar-refractivity contribution in [3.63, 3.8) is 0 Å². The second-order valence-corrected chi connectivity index (χ2v) is 6.37. The van der Waals surface area contributed by atoms with E-state index in [0.717, 1.165) is 39.0 Å². The first kappa shape index (κ1) is 24.7. The van der Waals surface area contributed by atoms with Crippen molar-refractivity contribution in [2.75, 3.05) is 52.9 Å². The molecule has 1 rings (SSSR count). The fraction of sp³-hybridized carbons (Fsp3) is 0.938. The maximum absolute atomic E-state index is 12.3. The van der Waals surface area contributed by atoms with Crippen LogP contribution in [0.4, 0.5) is 13.2 Å². The highest BCUT2D eigenvalue weighted by Gasteiger charge is 2.28. The lowest BCUT2D eigenvalue weighted by Gasteiger charge is -2.32. The third kappa shape index (κ3) is 11.8. The number of likely N-dealkylation sites (N-methyl/N-ethyl adjacent to an activating group) is 1. The summed E-state index contributed by atoms with van der Waals surface area (Å²) < 4.78 is 36.9. The number of rotatable bonds is 8. The number of halogens is 4. The second-order valence-electron chi connectivity index (χ2n) is 6.37. The third-order valence-corrected chi connectivity index (χ3v) is 4.01. The van der Waals surface area contributed by atoms with Crippen LogP contribution in [0.2, 0.25) is 0 Å². The lowest BCUT2D eigenvalue weighted by Crippen LogP contribution is -2.49. The number of hydrogen-bond acceptors (Lipinski definition) is 3. The van der Waals surface area contributed by atoms with Crippen LogP contribution in [0, 0.1) is 0 Å². The van der Waals surface area contributed by atoms with Crippen molar-refractivity contribution in [2.45, 2.75) is 45.3 Å². The van der Waals surface area contributed by atoms with Gasteiger partial charge in [-0.3, -0.25) is 9.89 Å². The molecule has 0 aromatic heterocycles. The van der Waals surface area contributed by atoms with Gasteiger partial charge in [0.1, 0.15) is 0 Å². The van der Waals surface area contributed by atoms with Crippen molar-refractivity contribution in [2.24, 2.45) is 4.99 Å². The van der Waals surface area contributed by atoms with Crippen molar-refractivity contribution in [1.82, 2.24) is 20.4 Å². The van der Waals surface area contributed by atoms with Crippen molar-refractivity contribution in [3.05, 3.63) is 0 Å². The monoisotopic (exact) mass is 479 g/mol. The molecule has 1 saturated heterocycles. The molecule has 9 heteroatoms. The van der Waals surface area contributed by atoms with Crippen LogP contribution in [0.1, 0.15) is 33.1 Å². The van der Waals surface area contributed by atoms with E-state index in [1.165, 1.54) is 18.4 Å². The van der Waals surface area contributed by atoms with Crippen molar-refractivity contribution in [3.8, 4) is 0 Å². The van der Waals surface area contributed by atoms with Crippen LogP contribution in [0.15, 0.2) is 4.99 Å². The largest absolute Gasteiger partial charge is 0.401 e. The number of piperidine rings is 1. The topological polar surface area (TPSA) is 42.9 Å². The van der Waals surface area contributed by atoms with Gasteiger partial charge in [-0.25, -0.2) is 0 Å². The fourth-order valence-electron chi connectivity index (χ4n) is 2.85. The lowest BCUT2D eigenvalue weighted by atomic mass is 10.1. The van der Waals surface area contributed by atoms with Crippen LogP contribution in [-0.4, -0.2) is 80.8 Å². The van der Waals surface area contributed by atoms with E-state index >= 15 is 0 Å². The standard InChI is InChI=1S/C16H32F3N5.HI/c1-4-9-24-10-6-14(7-11-24)22-15(20-5-2)21-8-12-23(3)13-16(17,18)19;/h14H,4-13H2,1-3H3,(H2,20,21,22);1H. The summed E-state index contributed by atoms with van der Waals surface area (Å²) in [6.45, 7) is 7.95. The Morgan fingerprint density at radius 2 is 1.88 bits per heavy atom. The van der Waals surface area contributed by atoms with Crippen LogP contribution < -0.4 is 10.6 Å². The summed E-state index contributed by atoms with van der Waals surface area (Å²) in [5, 5.41) is 6.59. The zero-order chi connectivity index (χ0) is 18.0. The number of aliphatic imine (C=N–C) groups is 1. The molecule has 1 heterocycles. The second kappa shape index (κ2) is 13.0. The Bertz CT molecular complexity index is 371. The average Bonchev–Trinajstić information content (AvgIpc) is 2.48. The molecular weight excluding hydrogens is 446 g/mol. The third-order valence-electron chi connectivity index (χ3n) is 4.01. The van der Waals surface area contributed by atoms with Gasteiger partial charge in [-0.2, -0.15) is 13.2 Å². The molecule has 0 aromatic carbocycles. The smallest absolute Gasteiger partial charge is 0.357 e. The van der Waals surface area contributed by atoms with E-state index in [9.17, 15) is 13.2 Å². The van der Waals surface area contributed by atoms with Crippen molar-refractivity contribution < 1.29 is 13.2 Å². The molecule has 1 fully saturated rings. The number of nitrogens with zero attached hydrogens (tertiary/aromatic N) is 3. The van der Waals surface area contributed by atoms with E-state index in [-0.39, 0.29) is 30.5 Å². The quantitative estimate of drug-likeness (QED) is 0.319. The minimum absolute atomic E-state index is 0. The molecule has 0 radical (unpaired) electrons. The van der Waals surface area contributed by atoms with Gasteiger partial charge in [0.05, 0.1) is 13.1 Å². The Morgan fingerprint density at radius 3 is 2.40 bits per heavy atom. The molecule has 1 aliphatic heterocycles. The summed E-state index contributed by atoms with van der Waals surface area (Å²) in [6.07, 6.45) is -0.849. The summed E-state index contributed by atoms with van der Waals surface area (Å²) in [6, 6.07) is 0.379. The van der Waals surface area contributed by atoms with E-state index in [2.05, 4.69) is 27.4 Å². The van der Waals surface area contributed by atoms with Gasteiger partial charge in [0.15, 0.2) is 5.96 Å². The summed E-state index contributed by atoms with van der Waals surface area (Å²) in [4.78, 5) is 8.12. The number of guanidine groups is 1. The van der Waals surface area contributed by atoms with Crippen LogP contribution in [0.3, 0.4) is 0 Å². The summed E-state index contributed by atoms with van der Waals surface area (Å²) in [7, 11) is 1.47. The van der Waals surface area contributed by atoms with E-state index < -0.39 is 12.7 Å². The molecular formula is C16H33F3IN5. The molecule has 0 aromatic rings.